The molecule has 0 atom stereocenters. The third-order valence-electron chi connectivity index (χ3n) is 3.92. The zero-order valence-corrected chi connectivity index (χ0v) is 9.57. The van der Waals surface area contributed by atoms with Gasteiger partial charge in [-0.15, -0.1) is 0 Å². The van der Waals surface area contributed by atoms with Crippen LogP contribution in [0.15, 0.2) is 0 Å². The topological polar surface area (TPSA) is 0 Å². The number of hydrogen-bond donors (Lipinski definition) is 0. The summed E-state index contributed by atoms with van der Waals surface area (Å²) in [6.45, 7) is 11.9. The molecule has 0 radical (unpaired) electrons. The van der Waals surface area contributed by atoms with Crippen molar-refractivity contribution in [2.75, 3.05) is 0 Å². The molecule has 0 aromatic rings. The first-order chi connectivity index (χ1) is 5.30. The minimum atomic E-state index is 0.620. The lowest BCUT2D eigenvalue weighted by Gasteiger charge is -2.59. The average molecular weight is 166 g/mol. The molecule has 0 N–H and O–H groups in total. The van der Waals surface area contributed by atoms with E-state index in [0.717, 1.165) is 11.8 Å². The smallest absolute Gasteiger partial charge is 0.0669 e. The van der Waals surface area contributed by atoms with Crippen molar-refractivity contribution in [1.82, 2.24) is 0 Å². The number of hydrogen-bond acceptors (Lipinski definition) is 0. The van der Waals surface area contributed by atoms with Gasteiger partial charge in [-0.05, 0) is 30.1 Å². The molecule has 0 spiro atoms. The fourth-order valence-corrected chi connectivity index (χ4v) is 3.21. The molecule has 0 aliphatic heterocycles. The molecule has 0 aromatic heterocycles. The van der Waals surface area contributed by atoms with Gasteiger partial charge < -0.3 is 0 Å². The molecule has 0 aromatic carbocycles. The Balaban J connectivity index is 2.69. The molecule has 12 heavy (non-hydrogen) atoms. The molecule has 0 heterocycles. The zero-order chi connectivity index (χ0) is 9.57. The highest BCUT2D eigenvalue weighted by Gasteiger charge is 2.51. The molecule has 0 saturated heterocycles. The molecule has 0 unspecified atom stereocenters. The van der Waals surface area contributed by atoms with Gasteiger partial charge in [-0.25, -0.2) is 0 Å². The van der Waals surface area contributed by atoms with Gasteiger partial charge in [0, 0.05) is 0 Å². The van der Waals surface area contributed by atoms with E-state index in [1.165, 1.54) is 12.8 Å². The summed E-state index contributed by atoms with van der Waals surface area (Å²) in [7, 11) is 2.40. The third kappa shape index (κ3) is 1.43. The van der Waals surface area contributed by atoms with E-state index < -0.39 is 0 Å². The first kappa shape index (κ1) is 10.1. The fourth-order valence-electron chi connectivity index (χ4n) is 3.21. The van der Waals surface area contributed by atoms with Gasteiger partial charge in [0.25, 0.3) is 0 Å². The van der Waals surface area contributed by atoms with Crippen LogP contribution in [0.4, 0.5) is 0 Å². The maximum absolute atomic E-state index is 2.40. The summed E-state index contributed by atoms with van der Waals surface area (Å²) >= 11 is 0. The van der Waals surface area contributed by atoms with Crippen LogP contribution in [0.2, 0.25) is 5.31 Å². The van der Waals surface area contributed by atoms with Crippen molar-refractivity contribution in [3.8, 4) is 0 Å². The number of rotatable bonds is 2. The van der Waals surface area contributed by atoms with Crippen LogP contribution in [-0.4, -0.2) is 7.85 Å². The molecule has 70 valence electrons. The molecule has 1 aliphatic carbocycles. The van der Waals surface area contributed by atoms with Crippen LogP contribution in [0.1, 0.15) is 47.5 Å². The van der Waals surface area contributed by atoms with Gasteiger partial charge in [-0.3, -0.25) is 0 Å². The van der Waals surface area contributed by atoms with Gasteiger partial charge in [-0.1, -0.05) is 39.9 Å². The molecule has 0 bridgehead atoms. The van der Waals surface area contributed by atoms with Crippen molar-refractivity contribution in [2.24, 2.45) is 17.3 Å². The highest BCUT2D eigenvalue weighted by Crippen LogP contribution is 2.64. The maximum atomic E-state index is 2.40. The first-order valence-electron chi connectivity index (χ1n) is 5.30. The molecule has 1 heteroatoms. The van der Waals surface area contributed by atoms with E-state index in [9.17, 15) is 0 Å². The third-order valence-corrected chi connectivity index (χ3v) is 3.92. The Hall–Kier alpha value is 0.0649. The summed E-state index contributed by atoms with van der Waals surface area (Å²) in [5, 5.41) is 0.620. The van der Waals surface area contributed by atoms with E-state index in [4.69, 9.17) is 0 Å². The van der Waals surface area contributed by atoms with Crippen LogP contribution < -0.4 is 0 Å². The fraction of sp³-hybridized carbons (Fsp3) is 1.00. The average Bonchev–Trinajstić information content (AvgIpc) is 1.80. The lowest BCUT2D eigenvalue weighted by atomic mass is 9.40. The van der Waals surface area contributed by atoms with Gasteiger partial charge in [0.2, 0.25) is 0 Å². The van der Waals surface area contributed by atoms with Crippen LogP contribution in [0.25, 0.3) is 0 Å². The zero-order valence-electron chi connectivity index (χ0n) is 9.57. The SMILES string of the molecule is BC1(C)CC(C(C)C)(C(C)C)C1. The van der Waals surface area contributed by atoms with Gasteiger partial charge in [-0.2, -0.15) is 0 Å². The van der Waals surface area contributed by atoms with Crippen molar-refractivity contribution < 1.29 is 0 Å². The molecule has 1 saturated carbocycles. The molecule has 0 nitrogen and oxygen atoms in total. The Morgan fingerprint density at radius 2 is 1.33 bits per heavy atom. The first-order valence-corrected chi connectivity index (χ1v) is 5.30. The second-order valence-corrected chi connectivity index (χ2v) is 6.06. The molecule has 1 fully saturated rings. The Bertz CT molecular complexity index is 150. The summed E-state index contributed by atoms with van der Waals surface area (Å²) < 4.78 is 0. The predicted molar refractivity (Wildman–Crippen MR) is 58.3 cm³/mol. The minimum absolute atomic E-state index is 0.620. The highest BCUT2D eigenvalue weighted by molar-refractivity contribution is 6.15. The summed E-state index contributed by atoms with van der Waals surface area (Å²) in [5.41, 5.74) is 0.656. The Morgan fingerprint density at radius 1 is 1.00 bits per heavy atom. The van der Waals surface area contributed by atoms with E-state index in [-0.39, 0.29) is 0 Å². The largest absolute Gasteiger partial charge is 0.109 e. The molecular weight excluding hydrogens is 143 g/mol. The van der Waals surface area contributed by atoms with E-state index in [1.54, 1.807) is 0 Å². The lowest BCUT2D eigenvalue weighted by molar-refractivity contribution is -0.0215. The Kier molecular flexibility index (Phi) is 2.35. The van der Waals surface area contributed by atoms with Crippen molar-refractivity contribution in [3.63, 3.8) is 0 Å². The minimum Gasteiger partial charge on any atom is -0.0669 e. The summed E-state index contributed by atoms with van der Waals surface area (Å²) in [5.74, 6) is 1.70. The van der Waals surface area contributed by atoms with Gasteiger partial charge >= 0.3 is 0 Å². The monoisotopic (exact) mass is 166 g/mol. The van der Waals surface area contributed by atoms with Crippen LogP contribution >= 0.6 is 0 Å². The van der Waals surface area contributed by atoms with Gasteiger partial charge in [0.1, 0.15) is 7.85 Å². The Morgan fingerprint density at radius 3 is 1.42 bits per heavy atom. The highest BCUT2D eigenvalue weighted by atomic mass is 14.5. The summed E-state index contributed by atoms with van der Waals surface area (Å²) in [6.07, 6.45) is 2.85. The van der Waals surface area contributed by atoms with Crippen molar-refractivity contribution in [1.29, 1.82) is 0 Å². The molecular formula is C11H23B. The summed E-state index contributed by atoms with van der Waals surface area (Å²) in [4.78, 5) is 0. The van der Waals surface area contributed by atoms with Crippen molar-refractivity contribution in [2.45, 2.75) is 52.8 Å². The van der Waals surface area contributed by atoms with Crippen molar-refractivity contribution >= 4 is 7.85 Å². The normalized spacial score (nSPS) is 25.9. The molecule has 0 amide bonds. The van der Waals surface area contributed by atoms with E-state index in [0.29, 0.717) is 10.7 Å². The second kappa shape index (κ2) is 2.78. The van der Waals surface area contributed by atoms with Gasteiger partial charge in [0.15, 0.2) is 0 Å². The standard InChI is InChI=1S/C11H23B/c1-8(2)11(9(3)4)6-10(5,12)7-11/h8-9H,6-7,12H2,1-5H3. The van der Waals surface area contributed by atoms with Crippen LogP contribution in [0.3, 0.4) is 0 Å². The van der Waals surface area contributed by atoms with Crippen LogP contribution in [0, 0.1) is 17.3 Å². The lowest BCUT2D eigenvalue weighted by Crippen LogP contribution is -2.47. The van der Waals surface area contributed by atoms with Crippen molar-refractivity contribution in [3.05, 3.63) is 0 Å². The summed E-state index contributed by atoms with van der Waals surface area (Å²) in [6, 6.07) is 0. The molecule has 1 rings (SSSR count). The Labute approximate surface area is 78.5 Å². The molecule has 1 aliphatic rings. The van der Waals surface area contributed by atoms with E-state index >= 15 is 0 Å². The predicted octanol–water partition coefficient (Wildman–Crippen LogP) is 2.89. The van der Waals surface area contributed by atoms with E-state index in [2.05, 4.69) is 42.5 Å². The van der Waals surface area contributed by atoms with E-state index in [1.807, 2.05) is 0 Å². The van der Waals surface area contributed by atoms with Gasteiger partial charge in [0.05, 0.1) is 0 Å². The second-order valence-electron chi connectivity index (χ2n) is 6.06. The quantitative estimate of drug-likeness (QED) is 0.553. The van der Waals surface area contributed by atoms with Crippen LogP contribution in [-0.2, 0) is 0 Å². The van der Waals surface area contributed by atoms with Crippen LogP contribution in [0.5, 0.6) is 0 Å². The maximum Gasteiger partial charge on any atom is 0.109 e.